The van der Waals surface area contributed by atoms with E-state index in [-0.39, 0.29) is 11.2 Å². The Balaban J connectivity index is 1.14. The predicted octanol–water partition coefficient (Wildman–Crippen LogP) is 12.1. The predicted molar refractivity (Wildman–Crippen MR) is 201 cm³/mol. The fourth-order valence-corrected chi connectivity index (χ4v) is 10.1. The van der Waals surface area contributed by atoms with Gasteiger partial charge in [0, 0.05) is 13.2 Å². The normalized spacial score (nSPS) is 34.4. The Labute approximate surface area is 291 Å². The lowest BCUT2D eigenvalue weighted by atomic mass is 9.70. The maximum Gasteiger partial charge on any atom is 0.0871 e. The van der Waals surface area contributed by atoms with Gasteiger partial charge in [0.25, 0.3) is 0 Å². The van der Waals surface area contributed by atoms with Crippen molar-refractivity contribution < 1.29 is 14.2 Å². The van der Waals surface area contributed by atoms with E-state index in [4.69, 9.17) is 14.2 Å². The van der Waals surface area contributed by atoms with E-state index in [9.17, 15) is 0 Å². The molecule has 0 spiro atoms. The summed E-state index contributed by atoms with van der Waals surface area (Å²) in [5.41, 5.74) is -0.571. The Morgan fingerprint density at radius 1 is 0.447 bits per heavy atom. The third-order valence-electron chi connectivity index (χ3n) is 13.6. The van der Waals surface area contributed by atoms with E-state index in [0.717, 1.165) is 48.7 Å². The van der Waals surface area contributed by atoms with Gasteiger partial charge in [-0.05, 0) is 113 Å². The molecule has 4 saturated carbocycles. The first-order valence-electron chi connectivity index (χ1n) is 20.1. The van der Waals surface area contributed by atoms with Crippen LogP contribution in [-0.2, 0) is 14.2 Å². The monoisotopic (exact) mass is 651 g/mol. The molecule has 2 atom stereocenters. The molecule has 3 nitrogen and oxygen atoms in total. The van der Waals surface area contributed by atoms with Gasteiger partial charge in [-0.2, -0.15) is 0 Å². The van der Waals surface area contributed by atoms with Gasteiger partial charge in [0.15, 0.2) is 0 Å². The Hall–Kier alpha value is -1.16. The van der Waals surface area contributed by atoms with Crippen molar-refractivity contribution in [2.45, 2.75) is 153 Å². The van der Waals surface area contributed by atoms with E-state index >= 15 is 0 Å². The topological polar surface area (TPSA) is 27.7 Å². The fourth-order valence-electron chi connectivity index (χ4n) is 10.1. The van der Waals surface area contributed by atoms with Gasteiger partial charge >= 0.3 is 0 Å². The van der Waals surface area contributed by atoms with Crippen molar-refractivity contribution in [3.05, 3.63) is 50.6 Å². The zero-order chi connectivity index (χ0) is 33.5. The summed E-state index contributed by atoms with van der Waals surface area (Å²) in [5, 5.41) is 0. The highest BCUT2D eigenvalue weighted by Gasteiger charge is 2.44. The van der Waals surface area contributed by atoms with Crippen LogP contribution in [0.3, 0.4) is 0 Å². The molecule has 268 valence electrons. The lowest BCUT2D eigenvalue weighted by molar-refractivity contribution is -0.154. The molecule has 0 saturated heterocycles. The lowest BCUT2D eigenvalue weighted by Crippen LogP contribution is -2.49. The van der Waals surface area contributed by atoms with Crippen LogP contribution in [-0.4, -0.2) is 37.6 Å². The number of rotatable bonds is 20. The smallest absolute Gasteiger partial charge is 0.0871 e. The molecule has 2 unspecified atom stereocenters. The summed E-state index contributed by atoms with van der Waals surface area (Å²) in [6.07, 6.45) is 35.2. The minimum Gasteiger partial charge on any atom is -0.377 e. The summed E-state index contributed by atoms with van der Waals surface area (Å²) in [6, 6.07) is 0. The molecule has 4 aliphatic rings. The highest BCUT2D eigenvalue weighted by molar-refractivity contribution is 5.08. The van der Waals surface area contributed by atoms with Crippen LogP contribution in [0, 0.1) is 47.3 Å². The molecule has 0 N–H and O–H groups in total. The number of hydrogen-bond donors (Lipinski definition) is 0. The number of ether oxygens (including phenoxy) is 3. The van der Waals surface area contributed by atoms with E-state index in [0.29, 0.717) is 25.0 Å². The van der Waals surface area contributed by atoms with Crippen LogP contribution < -0.4 is 0 Å². The molecule has 3 heteroatoms. The average Bonchev–Trinajstić information content (AvgIpc) is 3.11. The number of hydrogen-bond acceptors (Lipinski definition) is 3. The van der Waals surface area contributed by atoms with E-state index in [1.165, 1.54) is 128 Å². The largest absolute Gasteiger partial charge is 0.377 e. The lowest BCUT2D eigenvalue weighted by Gasteiger charge is -2.48. The van der Waals surface area contributed by atoms with Gasteiger partial charge in [-0.25, -0.2) is 0 Å². The van der Waals surface area contributed by atoms with Crippen molar-refractivity contribution >= 4 is 0 Å². The Kier molecular flexibility index (Phi) is 16.3. The molecule has 0 bridgehead atoms. The maximum absolute atomic E-state index is 7.21. The second-order valence-corrected chi connectivity index (χ2v) is 16.9. The Bertz CT molecular complexity index is 836. The molecule has 0 heterocycles. The summed E-state index contributed by atoms with van der Waals surface area (Å²) < 4.78 is 18.7. The van der Waals surface area contributed by atoms with Crippen LogP contribution in [0.4, 0.5) is 0 Å². The van der Waals surface area contributed by atoms with Gasteiger partial charge in [0.2, 0.25) is 0 Å². The SMILES string of the molecule is C=CCOCC1CCC(CCC2CCC(C(C)(C=C)OC(C)(C=C)C3CCC(CCC4CCC(COCC=C)CC4)CC3)CC2)CC1. The minimum atomic E-state index is -0.285. The second kappa shape index (κ2) is 19.9. The van der Waals surface area contributed by atoms with Gasteiger partial charge in [0.05, 0.1) is 24.4 Å². The molecule has 4 aliphatic carbocycles. The van der Waals surface area contributed by atoms with Crippen molar-refractivity contribution in [3.63, 3.8) is 0 Å². The van der Waals surface area contributed by atoms with E-state index in [1.807, 2.05) is 12.2 Å². The molecule has 4 rings (SSSR count). The average molecular weight is 651 g/mol. The molecule has 0 radical (unpaired) electrons. The molecule has 0 aromatic carbocycles. The third-order valence-corrected chi connectivity index (χ3v) is 13.6. The third kappa shape index (κ3) is 12.0. The van der Waals surface area contributed by atoms with Crippen LogP contribution in [0.15, 0.2) is 50.6 Å². The quantitative estimate of drug-likeness (QED) is 0.0969. The van der Waals surface area contributed by atoms with Gasteiger partial charge < -0.3 is 14.2 Å². The molecule has 47 heavy (non-hydrogen) atoms. The molecule has 4 fully saturated rings. The van der Waals surface area contributed by atoms with Crippen molar-refractivity contribution in [2.75, 3.05) is 26.4 Å². The molecular formula is C44H74O3. The molecule has 0 aromatic rings. The molecule has 0 amide bonds. The summed E-state index contributed by atoms with van der Waals surface area (Å²) in [6.45, 7) is 24.1. The Morgan fingerprint density at radius 2 is 0.723 bits per heavy atom. The van der Waals surface area contributed by atoms with Crippen LogP contribution in [0.1, 0.15) is 142 Å². The van der Waals surface area contributed by atoms with Crippen molar-refractivity contribution in [2.24, 2.45) is 47.3 Å². The highest BCUT2D eigenvalue weighted by atomic mass is 16.5. The summed E-state index contributed by atoms with van der Waals surface area (Å²) in [7, 11) is 0. The second-order valence-electron chi connectivity index (χ2n) is 16.9. The highest BCUT2D eigenvalue weighted by Crippen LogP contribution is 2.47. The first kappa shape index (κ1) is 38.6. The van der Waals surface area contributed by atoms with Gasteiger partial charge in [-0.1, -0.05) is 101 Å². The van der Waals surface area contributed by atoms with Crippen LogP contribution in [0.2, 0.25) is 0 Å². The summed E-state index contributed by atoms with van der Waals surface area (Å²) >= 11 is 0. The molecule has 0 aliphatic heterocycles. The Morgan fingerprint density at radius 3 is 1.00 bits per heavy atom. The van der Waals surface area contributed by atoms with Crippen molar-refractivity contribution in [1.29, 1.82) is 0 Å². The maximum atomic E-state index is 7.21. The van der Waals surface area contributed by atoms with Crippen LogP contribution in [0.25, 0.3) is 0 Å². The van der Waals surface area contributed by atoms with Crippen LogP contribution in [0.5, 0.6) is 0 Å². The van der Waals surface area contributed by atoms with E-state index in [2.05, 4.69) is 52.3 Å². The van der Waals surface area contributed by atoms with Gasteiger partial charge in [-0.3, -0.25) is 0 Å². The van der Waals surface area contributed by atoms with E-state index < -0.39 is 0 Å². The van der Waals surface area contributed by atoms with Crippen molar-refractivity contribution in [3.8, 4) is 0 Å². The first-order valence-corrected chi connectivity index (χ1v) is 20.1. The van der Waals surface area contributed by atoms with E-state index in [1.54, 1.807) is 0 Å². The fraction of sp³-hybridized carbons (Fsp3) is 0.818. The van der Waals surface area contributed by atoms with Crippen LogP contribution >= 0.6 is 0 Å². The molecule has 0 aromatic heterocycles. The van der Waals surface area contributed by atoms with Gasteiger partial charge in [-0.15, -0.1) is 26.3 Å². The van der Waals surface area contributed by atoms with Crippen molar-refractivity contribution in [1.82, 2.24) is 0 Å². The molecular weight excluding hydrogens is 576 g/mol. The van der Waals surface area contributed by atoms with Gasteiger partial charge in [0.1, 0.15) is 0 Å². The first-order chi connectivity index (χ1) is 22.8. The standard InChI is InChI=1S/C44H74O3/c1-7-31-45-33-39-19-15-35(16-20-39)11-13-37-23-27-41(28-24-37)43(5,9-3)47-44(6,10-4)42-29-25-38(26-30-42)14-12-36-17-21-40(22-18-36)34-46-32-8-2/h7-10,35-42H,1-4,11-34H2,5-6H3. The zero-order valence-corrected chi connectivity index (χ0v) is 31.0. The zero-order valence-electron chi connectivity index (χ0n) is 31.0. The summed E-state index contributed by atoms with van der Waals surface area (Å²) in [5.74, 6) is 6.29. The summed E-state index contributed by atoms with van der Waals surface area (Å²) in [4.78, 5) is 0. The minimum absolute atomic E-state index is 0.285.